The summed E-state index contributed by atoms with van der Waals surface area (Å²) < 4.78 is 0. The molecule has 0 radical (unpaired) electrons. The summed E-state index contributed by atoms with van der Waals surface area (Å²) in [4.78, 5) is 28.2. The van der Waals surface area contributed by atoms with Gasteiger partial charge in [-0.2, -0.15) is 0 Å². The van der Waals surface area contributed by atoms with Crippen molar-refractivity contribution in [3.63, 3.8) is 0 Å². The molecule has 0 spiro atoms. The molecule has 1 fully saturated rings. The summed E-state index contributed by atoms with van der Waals surface area (Å²) in [5.74, 6) is 5.66. The number of piperidine rings is 1. The van der Waals surface area contributed by atoms with E-state index < -0.39 is 6.04 Å². The number of rotatable bonds is 7. The third-order valence-corrected chi connectivity index (χ3v) is 6.31. The van der Waals surface area contributed by atoms with Crippen LogP contribution >= 0.6 is 11.6 Å². The number of nitrogens with zero attached hydrogens (tertiary/aromatic N) is 3. The summed E-state index contributed by atoms with van der Waals surface area (Å²) in [6.07, 6.45) is 1.75. The molecule has 0 aromatic heterocycles. The van der Waals surface area contributed by atoms with Crippen LogP contribution in [-0.4, -0.2) is 53.8 Å². The molecule has 1 aliphatic rings. The lowest BCUT2D eigenvalue weighted by atomic mass is 9.89. The first kappa shape index (κ1) is 25.5. The lowest BCUT2D eigenvalue weighted by Crippen LogP contribution is -2.52. The smallest absolute Gasteiger partial charge is 0.251 e. The number of halogens is 1. The number of amides is 2. The molecule has 3 rings (SSSR count). The molecule has 1 heterocycles. The molecular weight excluding hydrogens is 452 g/mol. The SMILES string of the molecule is CC(C)C(NC(=O)c1cccc(/C(N)=N/N(C)N)c1)C(=O)N1CCC(c2ccc(Cl)cc2)CC1. The molecule has 5 N–H and O–H groups in total. The highest BCUT2D eigenvalue weighted by Crippen LogP contribution is 2.29. The zero-order chi connectivity index (χ0) is 24.8. The van der Waals surface area contributed by atoms with Crippen LogP contribution in [0, 0.1) is 5.92 Å². The quantitative estimate of drug-likeness (QED) is 0.242. The topological polar surface area (TPSA) is 117 Å². The Hall–Kier alpha value is -3.10. The van der Waals surface area contributed by atoms with Gasteiger partial charge in [0.05, 0.1) is 0 Å². The second-order valence-corrected chi connectivity index (χ2v) is 9.42. The fourth-order valence-corrected chi connectivity index (χ4v) is 4.28. The maximum Gasteiger partial charge on any atom is 0.251 e. The first-order valence-electron chi connectivity index (χ1n) is 11.4. The van der Waals surface area contributed by atoms with E-state index in [-0.39, 0.29) is 23.6 Å². The van der Waals surface area contributed by atoms with E-state index in [9.17, 15) is 9.59 Å². The predicted molar refractivity (Wildman–Crippen MR) is 135 cm³/mol. The van der Waals surface area contributed by atoms with Gasteiger partial charge in [-0.05, 0) is 54.5 Å². The highest BCUT2D eigenvalue weighted by molar-refractivity contribution is 6.30. The fourth-order valence-electron chi connectivity index (χ4n) is 4.15. The number of hydrazone groups is 1. The molecular formula is C25H33ClN6O2. The van der Waals surface area contributed by atoms with Crippen LogP contribution in [0.3, 0.4) is 0 Å². The molecule has 0 bridgehead atoms. The minimum Gasteiger partial charge on any atom is -0.382 e. The average molecular weight is 485 g/mol. The molecule has 0 saturated carbocycles. The summed E-state index contributed by atoms with van der Waals surface area (Å²) in [6, 6.07) is 14.1. The lowest BCUT2D eigenvalue weighted by Gasteiger charge is -2.35. The van der Waals surface area contributed by atoms with E-state index in [2.05, 4.69) is 22.6 Å². The van der Waals surface area contributed by atoms with E-state index in [1.54, 1.807) is 31.3 Å². The molecule has 1 atom stereocenters. The van der Waals surface area contributed by atoms with E-state index in [0.29, 0.717) is 30.1 Å². The summed E-state index contributed by atoms with van der Waals surface area (Å²) in [5.41, 5.74) is 8.16. The number of benzene rings is 2. The van der Waals surface area contributed by atoms with Gasteiger partial charge >= 0.3 is 0 Å². The number of nitrogens with two attached hydrogens (primary N) is 2. The Morgan fingerprint density at radius 2 is 1.74 bits per heavy atom. The van der Waals surface area contributed by atoms with Crippen LogP contribution < -0.4 is 16.9 Å². The summed E-state index contributed by atoms with van der Waals surface area (Å²) in [6.45, 7) is 5.17. The van der Waals surface area contributed by atoms with Crippen LogP contribution in [0.15, 0.2) is 53.6 Å². The minimum atomic E-state index is -0.621. The van der Waals surface area contributed by atoms with E-state index in [1.807, 2.05) is 30.9 Å². The van der Waals surface area contributed by atoms with Crippen molar-refractivity contribution in [1.29, 1.82) is 0 Å². The standard InChI is InChI=1S/C25H33ClN6O2/c1-16(2)22(29-24(33)20-6-4-5-19(15-20)23(27)30-31(3)28)25(34)32-13-11-18(12-14-32)17-7-9-21(26)10-8-17/h4-10,15-16,18,22H,11-14,28H2,1-3H3,(H2,27,30)(H,29,33). The first-order chi connectivity index (χ1) is 16.2. The van der Waals surface area contributed by atoms with Gasteiger partial charge in [-0.1, -0.05) is 49.7 Å². The van der Waals surface area contributed by atoms with Crippen molar-refractivity contribution in [3.8, 4) is 0 Å². The average Bonchev–Trinajstić information content (AvgIpc) is 2.82. The van der Waals surface area contributed by atoms with E-state index in [0.717, 1.165) is 23.0 Å². The van der Waals surface area contributed by atoms with Gasteiger partial charge in [-0.3, -0.25) is 9.59 Å². The molecule has 9 heteroatoms. The normalized spacial score (nSPS) is 15.8. The van der Waals surface area contributed by atoms with Gasteiger partial charge in [0.15, 0.2) is 5.84 Å². The van der Waals surface area contributed by atoms with Gasteiger partial charge in [-0.25, -0.2) is 11.0 Å². The van der Waals surface area contributed by atoms with Crippen LogP contribution in [0.1, 0.15) is 54.1 Å². The summed E-state index contributed by atoms with van der Waals surface area (Å²) in [5, 5.41) is 8.71. The molecule has 34 heavy (non-hydrogen) atoms. The highest BCUT2D eigenvalue weighted by Gasteiger charge is 2.31. The molecule has 2 aromatic carbocycles. The van der Waals surface area contributed by atoms with Crippen molar-refractivity contribution in [2.75, 3.05) is 20.1 Å². The number of likely N-dealkylation sites (tertiary alicyclic amines) is 1. The maximum atomic E-state index is 13.3. The van der Waals surface area contributed by atoms with Gasteiger partial charge in [0, 0.05) is 36.3 Å². The van der Waals surface area contributed by atoms with Gasteiger partial charge in [0.25, 0.3) is 5.91 Å². The van der Waals surface area contributed by atoms with Gasteiger partial charge in [-0.15, -0.1) is 5.10 Å². The van der Waals surface area contributed by atoms with Gasteiger partial charge < -0.3 is 16.0 Å². The highest BCUT2D eigenvalue weighted by atomic mass is 35.5. The Labute approximate surface area is 205 Å². The Kier molecular flexibility index (Phi) is 8.52. The van der Waals surface area contributed by atoms with Crippen LogP contribution in [0.2, 0.25) is 5.02 Å². The molecule has 182 valence electrons. The van der Waals surface area contributed by atoms with Gasteiger partial charge in [0.1, 0.15) is 6.04 Å². The van der Waals surface area contributed by atoms with Crippen LogP contribution in [0.25, 0.3) is 0 Å². The van der Waals surface area contributed by atoms with Crippen LogP contribution in [0.5, 0.6) is 0 Å². The number of carbonyl (C=O) groups excluding carboxylic acids is 2. The molecule has 0 aliphatic carbocycles. The van der Waals surface area contributed by atoms with Crippen LogP contribution in [0.4, 0.5) is 0 Å². The summed E-state index contributed by atoms with van der Waals surface area (Å²) >= 11 is 6.00. The third kappa shape index (κ3) is 6.48. The Morgan fingerprint density at radius 3 is 2.32 bits per heavy atom. The second kappa shape index (κ2) is 11.4. The van der Waals surface area contributed by atoms with Crippen molar-refractivity contribution in [2.45, 2.75) is 38.6 Å². The zero-order valence-electron chi connectivity index (χ0n) is 19.9. The molecule has 1 unspecified atom stereocenters. The zero-order valence-corrected chi connectivity index (χ0v) is 20.6. The van der Waals surface area contributed by atoms with Crippen molar-refractivity contribution < 1.29 is 9.59 Å². The minimum absolute atomic E-state index is 0.0557. The first-order valence-corrected chi connectivity index (χ1v) is 11.8. The van der Waals surface area contributed by atoms with Crippen molar-refractivity contribution >= 4 is 29.3 Å². The number of amidine groups is 1. The largest absolute Gasteiger partial charge is 0.382 e. The van der Waals surface area contributed by atoms with Gasteiger partial charge in [0.2, 0.25) is 5.91 Å². The number of nitrogens with one attached hydrogen (secondary N) is 1. The van der Waals surface area contributed by atoms with E-state index in [1.165, 1.54) is 5.56 Å². The summed E-state index contributed by atoms with van der Waals surface area (Å²) in [7, 11) is 1.56. The monoisotopic (exact) mass is 484 g/mol. The molecule has 1 aliphatic heterocycles. The lowest BCUT2D eigenvalue weighted by molar-refractivity contribution is -0.135. The fraction of sp³-hybridized carbons (Fsp3) is 0.400. The Morgan fingerprint density at radius 1 is 1.12 bits per heavy atom. The van der Waals surface area contributed by atoms with Crippen molar-refractivity contribution in [1.82, 2.24) is 15.3 Å². The second-order valence-electron chi connectivity index (χ2n) is 8.99. The predicted octanol–water partition coefficient (Wildman–Crippen LogP) is 2.93. The van der Waals surface area contributed by atoms with E-state index in [4.69, 9.17) is 23.2 Å². The van der Waals surface area contributed by atoms with Crippen LogP contribution in [-0.2, 0) is 4.79 Å². The number of hydrogen-bond donors (Lipinski definition) is 3. The van der Waals surface area contributed by atoms with Crippen molar-refractivity contribution in [2.24, 2.45) is 22.6 Å². The number of hydrazine groups is 1. The molecule has 8 nitrogen and oxygen atoms in total. The van der Waals surface area contributed by atoms with E-state index >= 15 is 0 Å². The number of hydrogen-bond acceptors (Lipinski definition) is 5. The number of carbonyl (C=O) groups is 2. The Bertz CT molecular complexity index is 1030. The maximum absolute atomic E-state index is 13.3. The molecule has 2 amide bonds. The molecule has 1 saturated heterocycles. The molecule has 2 aromatic rings. The van der Waals surface area contributed by atoms with Crippen molar-refractivity contribution in [3.05, 3.63) is 70.2 Å². The third-order valence-electron chi connectivity index (χ3n) is 6.05. The Balaban J connectivity index is 1.65.